The van der Waals surface area contributed by atoms with Crippen molar-refractivity contribution in [2.24, 2.45) is 0 Å². The third-order valence-electron chi connectivity index (χ3n) is 8.67. The molecule has 0 unspecified atom stereocenters. The summed E-state index contributed by atoms with van der Waals surface area (Å²) in [5.74, 6) is 0. The predicted octanol–water partition coefficient (Wildman–Crippen LogP) is 11.0. The summed E-state index contributed by atoms with van der Waals surface area (Å²) >= 11 is 0. The van der Waals surface area contributed by atoms with Gasteiger partial charge >= 0.3 is 0 Å². The van der Waals surface area contributed by atoms with Crippen LogP contribution in [-0.2, 0) is 0 Å². The fraction of sp³-hybridized carbons (Fsp3) is 0. The van der Waals surface area contributed by atoms with Gasteiger partial charge in [-0.1, -0.05) is 121 Å². The minimum atomic E-state index is 1.22. The van der Waals surface area contributed by atoms with E-state index in [1.807, 2.05) is 0 Å². The van der Waals surface area contributed by atoms with Gasteiger partial charge in [0.05, 0.1) is 16.6 Å². The highest BCUT2D eigenvalue weighted by atomic mass is 14.9. The Kier molecular flexibility index (Phi) is 4.67. The smallest absolute Gasteiger partial charge is 0.0620 e. The molecule has 0 spiro atoms. The molecule has 0 fully saturated rings. The van der Waals surface area contributed by atoms with Crippen LogP contribution in [0.5, 0.6) is 0 Å². The normalized spacial score (nSPS) is 11.9. The minimum absolute atomic E-state index is 1.22. The number of rotatable bonds is 3. The van der Waals surface area contributed by atoms with Gasteiger partial charge in [0.2, 0.25) is 0 Å². The van der Waals surface area contributed by atoms with Gasteiger partial charge in [-0.2, -0.15) is 0 Å². The Bertz CT molecular complexity index is 2340. The van der Waals surface area contributed by atoms with Gasteiger partial charge in [0.25, 0.3) is 0 Å². The lowest BCUT2D eigenvalue weighted by Gasteiger charge is -2.15. The van der Waals surface area contributed by atoms with Gasteiger partial charge in [-0.05, 0) is 74.5 Å². The van der Waals surface area contributed by atoms with Gasteiger partial charge < -0.3 is 4.40 Å². The van der Waals surface area contributed by atoms with Crippen molar-refractivity contribution in [3.63, 3.8) is 0 Å². The summed E-state index contributed by atoms with van der Waals surface area (Å²) in [5, 5.41) is 7.78. The maximum absolute atomic E-state index is 2.49. The second-order valence-electron chi connectivity index (χ2n) is 11.0. The lowest BCUT2D eigenvalue weighted by molar-refractivity contribution is 1.37. The van der Waals surface area contributed by atoms with E-state index in [1.165, 1.54) is 82.2 Å². The van der Waals surface area contributed by atoms with E-state index in [0.29, 0.717) is 0 Å². The molecule has 0 atom stereocenters. The first kappa shape index (κ1) is 22.4. The van der Waals surface area contributed by atoms with E-state index in [4.69, 9.17) is 0 Å². The van der Waals surface area contributed by atoms with Crippen molar-refractivity contribution >= 4 is 48.9 Å². The lowest BCUT2D eigenvalue weighted by atomic mass is 9.88. The summed E-state index contributed by atoms with van der Waals surface area (Å²) in [5.41, 5.74) is 11.3. The van der Waals surface area contributed by atoms with Crippen molar-refractivity contribution in [2.75, 3.05) is 0 Å². The molecule has 0 aliphatic rings. The number of hydrogen-bond donors (Lipinski definition) is 0. The molecule has 0 amide bonds. The molecule has 2 heterocycles. The highest BCUT2D eigenvalue weighted by molar-refractivity contribution is 6.29. The summed E-state index contributed by atoms with van der Waals surface area (Å²) in [7, 11) is 0. The topological polar surface area (TPSA) is 4.41 Å². The zero-order valence-electron chi connectivity index (χ0n) is 22.4. The highest BCUT2D eigenvalue weighted by Gasteiger charge is 2.22. The van der Waals surface area contributed by atoms with Crippen LogP contribution < -0.4 is 0 Å². The molecule has 9 rings (SSSR count). The van der Waals surface area contributed by atoms with Gasteiger partial charge in [0, 0.05) is 21.5 Å². The Balaban J connectivity index is 1.48. The molecule has 190 valence electrons. The van der Waals surface area contributed by atoms with Crippen LogP contribution in [-0.4, -0.2) is 4.40 Å². The highest BCUT2D eigenvalue weighted by Crippen LogP contribution is 2.46. The monoisotopic (exact) mass is 519 g/mol. The van der Waals surface area contributed by atoms with E-state index in [2.05, 4.69) is 156 Å². The van der Waals surface area contributed by atoms with Crippen molar-refractivity contribution in [1.29, 1.82) is 0 Å². The van der Waals surface area contributed by atoms with Crippen molar-refractivity contribution in [2.45, 2.75) is 0 Å². The molecule has 9 aromatic rings. The molecule has 0 radical (unpaired) electrons. The molecule has 0 aliphatic heterocycles. The molecular formula is C40H25N. The van der Waals surface area contributed by atoms with E-state index >= 15 is 0 Å². The van der Waals surface area contributed by atoms with Crippen molar-refractivity contribution < 1.29 is 0 Å². The average molecular weight is 520 g/mol. The van der Waals surface area contributed by atoms with Crippen LogP contribution in [0.3, 0.4) is 0 Å². The molecule has 7 aromatic carbocycles. The third kappa shape index (κ3) is 3.24. The summed E-state index contributed by atoms with van der Waals surface area (Å²) in [6, 6.07) is 55.5. The Hall–Kier alpha value is -5.40. The largest absolute Gasteiger partial charge is 0.308 e. The third-order valence-corrected chi connectivity index (χ3v) is 8.67. The van der Waals surface area contributed by atoms with Gasteiger partial charge in [-0.25, -0.2) is 0 Å². The van der Waals surface area contributed by atoms with Crippen LogP contribution in [0.2, 0.25) is 0 Å². The Labute approximate surface area is 237 Å². The molecule has 0 saturated heterocycles. The van der Waals surface area contributed by atoms with Crippen LogP contribution in [0.15, 0.2) is 152 Å². The number of aromatic nitrogens is 1. The molecule has 0 aliphatic carbocycles. The fourth-order valence-electron chi connectivity index (χ4n) is 6.92. The molecule has 2 aromatic heterocycles. The predicted molar refractivity (Wildman–Crippen MR) is 175 cm³/mol. The summed E-state index contributed by atoms with van der Waals surface area (Å²) in [6.45, 7) is 0. The van der Waals surface area contributed by atoms with Gasteiger partial charge in [-0.3, -0.25) is 0 Å². The maximum Gasteiger partial charge on any atom is 0.0620 e. The van der Waals surface area contributed by atoms with E-state index in [1.54, 1.807) is 0 Å². The zero-order chi connectivity index (χ0) is 26.9. The molecule has 41 heavy (non-hydrogen) atoms. The summed E-state index contributed by atoms with van der Waals surface area (Å²) in [4.78, 5) is 0. The zero-order valence-corrected chi connectivity index (χ0v) is 22.4. The van der Waals surface area contributed by atoms with Crippen molar-refractivity contribution in [1.82, 2.24) is 4.40 Å². The Morgan fingerprint density at radius 2 is 0.902 bits per heavy atom. The standard InChI is InChI=1S/C40H25N/c1-3-12-26(13-4-1)29-22-30(27-14-5-2-6-15-27)24-31(23-29)38-32-17-8-7-16-28(32)25-37-39(38)35-20-11-19-34-33-18-9-10-21-36(33)41(37)40(34)35/h1-25H. The number of fused-ring (bicyclic) bond motifs is 7. The average Bonchev–Trinajstić information content (AvgIpc) is 3.56. The van der Waals surface area contributed by atoms with Gasteiger partial charge in [0.15, 0.2) is 0 Å². The maximum atomic E-state index is 2.49. The van der Waals surface area contributed by atoms with E-state index < -0.39 is 0 Å². The van der Waals surface area contributed by atoms with Crippen LogP contribution in [0, 0.1) is 0 Å². The number of nitrogens with zero attached hydrogens (tertiary/aromatic N) is 1. The minimum Gasteiger partial charge on any atom is -0.308 e. The van der Waals surface area contributed by atoms with Crippen LogP contribution >= 0.6 is 0 Å². The van der Waals surface area contributed by atoms with Crippen molar-refractivity contribution in [3.05, 3.63) is 152 Å². The Morgan fingerprint density at radius 3 is 1.63 bits per heavy atom. The lowest BCUT2D eigenvalue weighted by Crippen LogP contribution is -1.89. The second kappa shape index (κ2) is 8.55. The SMILES string of the molecule is c1ccc(-c2cc(-c3ccccc3)cc(-c3c4ccccc4cc4c3c3cccc5c6ccccc6n4c53)c2)cc1. The first-order chi connectivity index (χ1) is 20.3. The first-order valence-corrected chi connectivity index (χ1v) is 14.2. The number of hydrogen-bond acceptors (Lipinski definition) is 0. The van der Waals surface area contributed by atoms with Crippen molar-refractivity contribution in [3.8, 4) is 33.4 Å². The quantitative estimate of drug-likeness (QED) is 0.219. The summed E-state index contributed by atoms with van der Waals surface area (Å²) in [6.07, 6.45) is 0. The molecule has 1 nitrogen and oxygen atoms in total. The van der Waals surface area contributed by atoms with Crippen LogP contribution in [0.1, 0.15) is 0 Å². The van der Waals surface area contributed by atoms with Gasteiger partial charge in [-0.15, -0.1) is 0 Å². The first-order valence-electron chi connectivity index (χ1n) is 14.2. The number of para-hydroxylation sites is 2. The summed E-state index contributed by atoms with van der Waals surface area (Å²) < 4.78 is 2.49. The molecular weight excluding hydrogens is 494 g/mol. The van der Waals surface area contributed by atoms with Gasteiger partial charge in [0.1, 0.15) is 0 Å². The number of benzene rings is 7. The fourth-order valence-corrected chi connectivity index (χ4v) is 6.92. The van der Waals surface area contributed by atoms with Crippen LogP contribution in [0.25, 0.3) is 82.2 Å². The van der Waals surface area contributed by atoms with E-state index in [0.717, 1.165) is 0 Å². The van der Waals surface area contributed by atoms with E-state index in [-0.39, 0.29) is 0 Å². The van der Waals surface area contributed by atoms with E-state index in [9.17, 15) is 0 Å². The molecule has 0 bridgehead atoms. The van der Waals surface area contributed by atoms with Crippen LogP contribution in [0.4, 0.5) is 0 Å². The molecule has 0 saturated carbocycles. The second-order valence-corrected chi connectivity index (χ2v) is 11.0. The Morgan fingerprint density at radius 1 is 0.341 bits per heavy atom. The molecule has 1 heteroatoms. The molecule has 0 N–H and O–H groups in total.